The molecule has 9 rings (SSSR count). The number of aromatic hydroxyl groups is 2. The van der Waals surface area contributed by atoms with Gasteiger partial charge in [-0.15, -0.1) is 43.7 Å². The lowest BCUT2D eigenvalue weighted by Gasteiger charge is -2.11. The third-order valence-electron chi connectivity index (χ3n) is 11.2. The van der Waals surface area contributed by atoms with Crippen LogP contribution in [0.5, 0.6) is 23.0 Å². The molecule has 33 heteroatoms. The van der Waals surface area contributed by atoms with Crippen molar-refractivity contribution in [2.75, 3.05) is 14.2 Å². The number of benzene rings is 8. The van der Waals surface area contributed by atoms with Crippen LogP contribution in [0.2, 0.25) is 0 Å². The Morgan fingerprint density at radius 3 is 1.87 bits per heavy atom. The standard InChI is InChI=1S/C45H33N9O19S5/c1-21-10-35(38(66-2)19-33(21)47-46-24-4-6-28-22(11-24)13-26(74-71-68-57)15-40(28)75-72-69-58)49-50-36-18-37(55)34(20-39(36)67-3)48-51-44-41(76-73-70-59)14-23-12-25(5-7-29(23)45(44)56)54-52-32-9-8-30-31(43(32)53-54)16-27(77(60,61)62)17-42(30)78(63,64)65/h4-20,55-59H,1-3H3,(H,60,61,62)(H,63,64,65). The minimum atomic E-state index is -4.98. The van der Waals surface area contributed by atoms with Crippen molar-refractivity contribution in [3.05, 3.63) is 109 Å². The molecule has 9 aromatic rings. The van der Waals surface area contributed by atoms with Gasteiger partial charge >= 0.3 is 0 Å². The van der Waals surface area contributed by atoms with Gasteiger partial charge in [0.05, 0.1) is 77.2 Å². The lowest BCUT2D eigenvalue weighted by molar-refractivity contribution is -0.432. The van der Waals surface area contributed by atoms with Crippen molar-refractivity contribution in [3.63, 3.8) is 0 Å². The number of nitrogens with zero attached hydrogens (tertiary/aromatic N) is 9. The minimum Gasteiger partial charge on any atom is -0.506 e. The van der Waals surface area contributed by atoms with Crippen LogP contribution in [0, 0.1) is 6.92 Å². The van der Waals surface area contributed by atoms with Crippen LogP contribution >= 0.6 is 36.1 Å². The third-order valence-corrected chi connectivity index (χ3v) is 14.7. The largest absolute Gasteiger partial charge is 0.506 e. The van der Waals surface area contributed by atoms with E-state index < -0.39 is 41.5 Å². The summed E-state index contributed by atoms with van der Waals surface area (Å²) in [6.45, 7) is 1.77. The first-order valence-corrected chi connectivity index (χ1v) is 26.5. The number of phenols is 2. The molecule has 0 aliphatic heterocycles. The number of fused-ring (bicyclic) bond motifs is 5. The number of phenolic OH excluding ortho intramolecular Hbond substituents is 2. The highest BCUT2D eigenvalue weighted by Gasteiger charge is 2.24. The van der Waals surface area contributed by atoms with E-state index in [0.29, 0.717) is 73.0 Å². The van der Waals surface area contributed by atoms with Crippen LogP contribution in [0.1, 0.15) is 5.56 Å². The van der Waals surface area contributed by atoms with Gasteiger partial charge in [0.15, 0.2) is 5.75 Å². The van der Waals surface area contributed by atoms with Crippen LogP contribution in [-0.2, 0) is 48.4 Å². The molecule has 0 radical (unpaired) electrons. The van der Waals surface area contributed by atoms with Gasteiger partial charge in [0.25, 0.3) is 20.2 Å². The maximum atomic E-state index is 12.2. The molecule has 0 unspecified atom stereocenters. The maximum Gasteiger partial charge on any atom is 0.295 e. The molecule has 0 bridgehead atoms. The molecule has 78 heavy (non-hydrogen) atoms. The summed E-state index contributed by atoms with van der Waals surface area (Å²) < 4.78 is 93.3. The number of aryl methyl sites for hydroxylation is 1. The summed E-state index contributed by atoms with van der Waals surface area (Å²) in [6, 6.07) is 24.6. The average molecular weight is 1160 g/mol. The van der Waals surface area contributed by atoms with E-state index in [9.17, 15) is 36.2 Å². The number of methoxy groups -OCH3 is 2. The van der Waals surface area contributed by atoms with Crippen LogP contribution in [0.25, 0.3) is 49.0 Å². The van der Waals surface area contributed by atoms with Gasteiger partial charge in [-0.2, -0.15) is 31.9 Å². The third kappa shape index (κ3) is 11.8. The molecule has 1 aromatic heterocycles. The Morgan fingerprint density at radius 1 is 0.551 bits per heavy atom. The van der Waals surface area contributed by atoms with Crippen molar-refractivity contribution in [1.29, 1.82) is 0 Å². The Morgan fingerprint density at radius 2 is 1.18 bits per heavy atom. The van der Waals surface area contributed by atoms with Crippen LogP contribution in [0.3, 0.4) is 0 Å². The summed E-state index contributed by atoms with van der Waals surface area (Å²) in [7, 11) is -7.15. The number of rotatable bonds is 20. The van der Waals surface area contributed by atoms with Crippen LogP contribution in [0.15, 0.2) is 158 Å². The van der Waals surface area contributed by atoms with Crippen molar-refractivity contribution in [3.8, 4) is 28.7 Å². The second-order valence-corrected chi connectivity index (χ2v) is 20.9. The molecule has 28 nitrogen and oxygen atoms in total. The Balaban J connectivity index is 0.979. The Kier molecular flexibility index (Phi) is 16.4. The van der Waals surface area contributed by atoms with E-state index in [4.69, 9.17) is 25.2 Å². The van der Waals surface area contributed by atoms with Crippen molar-refractivity contribution >= 4 is 134 Å². The lowest BCUT2D eigenvalue weighted by atomic mass is 10.1. The van der Waals surface area contributed by atoms with Gasteiger partial charge < -0.3 is 19.7 Å². The highest BCUT2D eigenvalue weighted by Crippen LogP contribution is 2.47. The van der Waals surface area contributed by atoms with Crippen molar-refractivity contribution in [2.24, 2.45) is 30.7 Å². The molecule has 1 heterocycles. The summed E-state index contributed by atoms with van der Waals surface area (Å²) in [5.41, 5.74) is 1.95. The van der Waals surface area contributed by atoms with Crippen LogP contribution in [0.4, 0.5) is 34.1 Å². The van der Waals surface area contributed by atoms with Crippen molar-refractivity contribution in [2.45, 2.75) is 31.4 Å². The molecule has 0 atom stereocenters. The molecule has 0 spiro atoms. The van der Waals surface area contributed by atoms with E-state index in [1.54, 1.807) is 49.4 Å². The van der Waals surface area contributed by atoms with Crippen molar-refractivity contribution < 1.29 is 89.5 Å². The number of ether oxygens (including phenoxy) is 2. The highest BCUT2D eigenvalue weighted by atomic mass is 32.2. The van der Waals surface area contributed by atoms with Crippen LogP contribution in [-0.4, -0.2) is 81.1 Å². The number of aromatic nitrogens is 3. The van der Waals surface area contributed by atoms with Crippen LogP contribution < -0.4 is 9.47 Å². The summed E-state index contributed by atoms with van der Waals surface area (Å²) >= 11 is 1.87. The summed E-state index contributed by atoms with van der Waals surface area (Å²) in [5, 5.41) is 96.6. The molecule has 402 valence electrons. The van der Waals surface area contributed by atoms with E-state index >= 15 is 0 Å². The van der Waals surface area contributed by atoms with E-state index in [0.717, 1.165) is 22.9 Å². The quantitative estimate of drug-likeness (QED) is 0.0122. The fourth-order valence-electron chi connectivity index (χ4n) is 7.69. The van der Waals surface area contributed by atoms with Gasteiger partial charge in [0, 0.05) is 44.1 Å². The molecular weight excluding hydrogens is 1130 g/mol. The fraction of sp³-hybridized carbons (Fsp3) is 0.0667. The van der Waals surface area contributed by atoms with E-state index in [1.165, 1.54) is 62.8 Å². The maximum absolute atomic E-state index is 12.2. The SMILES string of the molecule is COc1cc(N=Nc2ccc3c(SOOO)cc(SOOO)cc3c2)c(C)cc1N=Nc1cc(O)c(N=Nc2c(SOOO)cc3cc(-n4nc5ccc6c(S(=O)(=O)O)cc(S(=O)(=O)O)cc6c5n4)ccc3c2O)cc1OC. The van der Waals surface area contributed by atoms with E-state index in [1.807, 2.05) is 0 Å². The zero-order valence-corrected chi connectivity index (χ0v) is 43.5. The van der Waals surface area contributed by atoms with E-state index in [-0.39, 0.29) is 72.0 Å². The second kappa shape index (κ2) is 23.2. The molecule has 0 amide bonds. The first-order chi connectivity index (χ1) is 37.4. The average Bonchev–Trinajstić information content (AvgIpc) is 3.90. The summed E-state index contributed by atoms with van der Waals surface area (Å²) in [5.74, 6) is -0.522. The number of azo groups is 3. The molecule has 0 fully saturated rings. The molecule has 0 aliphatic carbocycles. The molecule has 8 aromatic carbocycles. The highest BCUT2D eigenvalue weighted by molar-refractivity contribution is 7.95. The predicted octanol–water partition coefficient (Wildman–Crippen LogP) is 12.6. The summed E-state index contributed by atoms with van der Waals surface area (Å²) in [6.07, 6.45) is 0. The topological polar surface area (TPSA) is 389 Å². The van der Waals surface area contributed by atoms with Gasteiger partial charge in [0.2, 0.25) is 0 Å². The van der Waals surface area contributed by atoms with E-state index in [2.05, 4.69) is 69.0 Å². The second-order valence-electron chi connectivity index (χ2n) is 15.8. The van der Waals surface area contributed by atoms with Gasteiger partial charge in [-0.3, -0.25) is 9.11 Å². The normalized spacial score (nSPS) is 12.5. The monoisotopic (exact) mass is 1160 g/mol. The smallest absolute Gasteiger partial charge is 0.295 e. The molecule has 0 saturated heterocycles. The first kappa shape index (κ1) is 55.2. The zero-order valence-electron chi connectivity index (χ0n) is 39.4. The number of hydrogen-bond acceptors (Lipinski definition) is 28. The number of hydrogen-bond donors (Lipinski definition) is 7. The lowest BCUT2D eigenvalue weighted by Crippen LogP contribution is -2.04. The Labute approximate surface area is 449 Å². The molecule has 0 aliphatic rings. The zero-order chi connectivity index (χ0) is 55.5. The van der Waals surface area contributed by atoms with Gasteiger partial charge in [-0.1, -0.05) is 27.2 Å². The Bertz CT molecular complexity index is 4170. The van der Waals surface area contributed by atoms with Gasteiger partial charge in [-0.25, -0.2) is 15.8 Å². The fourth-order valence-corrected chi connectivity index (χ4v) is 10.6. The molecule has 7 N–H and O–H groups in total. The minimum absolute atomic E-state index is 0.00302. The predicted molar refractivity (Wildman–Crippen MR) is 276 cm³/mol. The molecule has 0 saturated carbocycles. The van der Waals surface area contributed by atoms with Crippen molar-refractivity contribution in [1.82, 2.24) is 15.0 Å². The van der Waals surface area contributed by atoms with Gasteiger partial charge in [0.1, 0.15) is 55.9 Å². The van der Waals surface area contributed by atoms with Gasteiger partial charge in [-0.05, 0) is 101 Å². The Hall–Kier alpha value is -7.55. The summed E-state index contributed by atoms with van der Waals surface area (Å²) in [4.78, 5) is 0.590. The molecular formula is C45H33N9O19S5. The first-order valence-electron chi connectivity index (χ1n) is 21.4.